The van der Waals surface area contributed by atoms with Crippen molar-refractivity contribution in [3.05, 3.63) is 24.3 Å². The highest BCUT2D eigenvalue weighted by molar-refractivity contribution is 7.89. The molecule has 0 radical (unpaired) electrons. The third-order valence-electron chi connectivity index (χ3n) is 3.59. The lowest BCUT2D eigenvalue weighted by molar-refractivity contribution is 0.101. The van der Waals surface area contributed by atoms with E-state index >= 15 is 0 Å². The molecule has 1 saturated carbocycles. The Bertz CT molecular complexity index is 514. The first kappa shape index (κ1) is 14.3. The summed E-state index contributed by atoms with van der Waals surface area (Å²) in [5.41, 5.74) is 0. The molecule has 1 aliphatic rings. The van der Waals surface area contributed by atoms with Gasteiger partial charge in [-0.05, 0) is 55.4 Å². The smallest absolute Gasteiger partial charge is 0.238 e. The van der Waals surface area contributed by atoms with E-state index < -0.39 is 10.0 Å². The van der Waals surface area contributed by atoms with Crippen LogP contribution in [0, 0.1) is 11.8 Å². The number of primary sulfonamides is 1. The van der Waals surface area contributed by atoms with Gasteiger partial charge >= 0.3 is 0 Å². The molecule has 2 N–H and O–H groups in total. The maximum atomic E-state index is 11.2. The monoisotopic (exact) mass is 283 g/mol. The molecule has 1 fully saturated rings. The van der Waals surface area contributed by atoms with Gasteiger partial charge in [-0.15, -0.1) is 0 Å². The topological polar surface area (TPSA) is 69.4 Å². The normalized spacial score (nSPS) is 28.1. The van der Waals surface area contributed by atoms with Crippen molar-refractivity contribution in [1.29, 1.82) is 0 Å². The molecule has 2 rings (SSSR count). The number of hydrogen-bond donors (Lipinski definition) is 1. The van der Waals surface area contributed by atoms with E-state index in [4.69, 9.17) is 9.88 Å². The van der Waals surface area contributed by atoms with Crippen molar-refractivity contribution in [2.24, 2.45) is 17.0 Å². The van der Waals surface area contributed by atoms with Gasteiger partial charge in [0.05, 0.1) is 11.0 Å². The van der Waals surface area contributed by atoms with E-state index in [0.717, 1.165) is 12.8 Å². The van der Waals surface area contributed by atoms with E-state index in [0.29, 0.717) is 17.6 Å². The fourth-order valence-corrected chi connectivity index (χ4v) is 3.39. The summed E-state index contributed by atoms with van der Waals surface area (Å²) in [5, 5.41) is 5.06. The number of nitrogens with two attached hydrogens (primary N) is 1. The fraction of sp³-hybridized carbons (Fsp3) is 0.571. The molecule has 1 unspecified atom stereocenters. The van der Waals surface area contributed by atoms with Crippen LogP contribution >= 0.6 is 0 Å². The fourth-order valence-electron chi connectivity index (χ4n) is 2.87. The molecule has 0 bridgehead atoms. The van der Waals surface area contributed by atoms with Gasteiger partial charge < -0.3 is 4.74 Å². The molecule has 19 heavy (non-hydrogen) atoms. The lowest BCUT2D eigenvalue weighted by atomic mass is 9.82. The van der Waals surface area contributed by atoms with E-state index in [-0.39, 0.29) is 11.0 Å². The van der Waals surface area contributed by atoms with Crippen LogP contribution in [0.4, 0.5) is 0 Å². The van der Waals surface area contributed by atoms with Crippen molar-refractivity contribution >= 4 is 10.0 Å². The first-order valence-electron chi connectivity index (χ1n) is 6.64. The number of benzene rings is 1. The number of ether oxygens (including phenoxy) is 1. The van der Waals surface area contributed by atoms with Crippen molar-refractivity contribution in [2.75, 3.05) is 0 Å². The predicted octanol–water partition coefficient (Wildman–Crippen LogP) is 2.54. The molecule has 0 spiro atoms. The molecule has 0 aliphatic heterocycles. The third kappa shape index (κ3) is 3.94. The minimum absolute atomic E-state index is 0.116. The zero-order valence-corrected chi connectivity index (χ0v) is 12.2. The first-order chi connectivity index (χ1) is 8.84. The summed E-state index contributed by atoms with van der Waals surface area (Å²) in [6.07, 6.45) is 3.59. The van der Waals surface area contributed by atoms with Crippen molar-refractivity contribution in [3.8, 4) is 5.75 Å². The number of sulfonamides is 1. The van der Waals surface area contributed by atoms with E-state index in [1.165, 1.54) is 18.6 Å². The van der Waals surface area contributed by atoms with Gasteiger partial charge in [0.1, 0.15) is 5.75 Å². The summed E-state index contributed by atoms with van der Waals surface area (Å²) in [7, 11) is -3.63. The number of rotatable bonds is 3. The summed E-state index contributed by atoms with van der Waals surface area (Å²) >= 11 is 0. The molecule has 4 nitrogen and oxygen atoms in total. The molecule has 1 aromatic rings. The molecule has 1 aromatic carbocycles. The second-order valence-electron chi connectivity index (χ2n) is 5.67. The van der Waals surface area contributed by atoms with Crippen molar-refractivity contribution in [2.45, 2.75) is 44.1 Å². The molecule has 0 amide bonds. The summed E-state index contributed by atoms with van der Waals surface area (Å²) in [5.74, 6) is 2.06. The highest BCUT2D eigenvalue weighted by Gasteiger charge is 2.25. The maximum Gasteiger partial charge on any atom is 0.238 e. The zero-order valence-electron chi connectivity index (χ0n) is 11.4. The van der Waals surface area contributed by atoms with Gasteiger partial charge in [-0.1, -0.05) is 13.8 Å². The van der Waals surface area contributed by atoms with Crippen LogP contribution in [0.3, 0.4) is 0 Å². The lowest BCUT2D eigenvalue weighted by Crippen LogP contribution is -2.28. The van der Waals surface area contributed by atoms with E-state index in [1.54, 1.807) is 12.1 Å². The second kappa shape index (κ2) is 5.51. The van der Waals surface area contributed by atoms with Gasteiger partial charge in [0.15, 0.2) is 0 Å². The molecule has 0 saturated heterocycles. The highest BCUT2D eigenvalue weighted by Crippen LogP contribution is 2.31. The molecular weight excluding hydrogens is 262 g/mol. The predicted molar refractivity (Wildman–Crippen MR) is 74.4 cm³/mol. The maximum absolute atomic E-state index is 11.2. The Morgan fingerprint density at radius 3 is 2.05 bits per heavy atom. The average molecular weight is 283 g/mol. The zero-order chi connectivity index (χ0) is 14.0. The molecule has 0 heterocycles. The minimum atomic E-state index is -3.63. The van der Waals surface area contributed by atoms with Gasteiger partial charge in [-0.2, -0.15) is 0 Å². The summed E-state index contributed by atoms with van der Waals surface area (Å²) in [6.45, 7) is 4.49. The van der Waals surface area contributed by atoms with E-state index in [2.05, 4.69) is 13.8 Å². The first-order valence-corrected chi connectivity index (χ1v) is 8.18. The second-order valence-corrected chi connectivity index (χ2v) is 7.24. The van der Waals surface area contributed by atoms with E-state index in [9.17, 15) is 8.42 Å². The molecule has 5 heteroatoms. The van der Waals surface area contributed by atoms with Gasteiger partial charge in [-0.25, -0.2) is 13.6 Å². The van der Waals surface area contributed by atoms with Crippen LogP contribution < -0.4 is 9.88 Å². The molecule has 0 aromatic heterocycles. The van der Waals surface area contributed by atoms with Gasteiger partial charge in [-0.3, -0.25) is 0 Å². The summed E-state index contributed by atoms with van der Waals surface area (Å²) in [4.78, 5) is 0.116. The van der Waals surface area contributed by atoms with Crippen molar-refractivity contribution in [1.82, 2.24) is 0 Å². The molecule has 3 atom stereocenters. The van der Waals surface area contributed by atoms with E-state index in [1.807, 2.05) is 0 Å². The Labute approximate surface area is 115 Å². The van der Waals surface area contributed by atoms with Crippen LogP contribution in [0.25, 0.3) is 0 Å². The Morgan fingerprint density at radius 2 is 1.58 bits per heavy atom. The van der Waals surface area contributed by atoms with Crippen LogP contribution in [0.5, 0.6) is 5.75 Å². The lowest BCUT2D eigenvalue weighted by Gasteiger charge is -2.31. The highest BCUT2D eigenvalue weighted by atomic mass is 32.2. The standard InChI is InChI=1S/C14H21NO3S/c1-10-7-11(2)9-13(8-10)18-12-3-5-14(6-4-12)19(15,16)17/h3-6,10-11,13H,7-9H2,1-2H3,(H2,15,16,17)/t10-,11+,13?. The summed E-state index contributed by atoms with van der Waals surface area (Å²) in [6, 6.07) is 6.31. The van der Waals surface area contributed by atoms with Crippen molar-refractivity contribution in [3.63, 3.8) is 0 Å². The Morgan fingerprint density at radius 1 is 1.05 bits per heavy atom. The summed E-state index contributed by atoms with van der Waals surface area (Å²) < 4.78 is 28.2. The Kier molecular flexibility index (Phi) is 4.16. The Hall–Kier alpha value is -1.07. The van der Waals surface area contributed by atoms with Crippen LogP contribution in [0.2, 0.25) is 0 Å². The third-order valence-corrected chi connectivity index (χ3v) is 4.52. The number of hydrogen-bond acceptors (Lipinski definition) is 3. The minimum Gasteiger partial charge on any atom is -0.490 e. The SMILES string of the molecule is C[C@@H]1CC(Oc2ccc(S(N)(=O)=O)cc2)C[C@H](C)C1. The van der Waals surface area contributed by atoms with Crippen LogP contribution in [-0.2, 0) is 10.0 Å². The van der Waals surface area contributed by atoms with Crippen LogP contribution in [-0.4, -0.2) is 14.5 Å². The molecule has 1 aliphatic carbocycles. The van der Waals surface area contributed by atoms with Crippen molar-refractivity contribution < 1.29 is 13.2 Å². The average Bonchev–Trinajstić information content (AvgIpc) is 2.26. The van der Waals surface area contributed by atoms with Gasteiger partial charge in [0, 0.05) is 0 Å². The quantitative estimate of drug-likeness (QED) is 0.926. The van der Waals surface area contributed by atoms with Gasteiger partial charge in [0.25, 0.3) is 0 Å². The van der Waals surface area contributed by atoms with Crippen LogP contribution in [0.1, 0.15) is 33.1 Å². The molecule has 106 valence electrons. The Balaban J connectivity index is 2.03. The van der Waals surface area contributed by atoms with Crippen LogP contribution in [0.15, 0.2) is 29.2 Å². The largest absolute Gasteiger partial charge is 0.490 e. The van der Waals surface area contributed by atoms with Gasteiger partial charge in [0.2, 0.25) is 10.0 Å². The molecular formula is C14H21NO3S.